The van der Waals surface area contributed by atoms with E-state index in [1.54, 1.807) is 34.9 Å². The average molecular weight is 407 g/mol. The number of thioether (sulfide) groups is 2. The van der Waals surface area contributed by atoms with Crippen LogP contribution < -0.4 is 0 Å². The molecule has 0 atom stereocenters. The van der Waals surface area contributed by atoms with E-state index in [0.29, 0.717) is 0 Å². The zero-order valence-corrected chi connectivity index (χ0v) is 17.1. The summed E-state index contributed by atoms with van der Waals surface area (Å²) < 4.78 is 2.03. The van der Waals surface area contributed by atoms with Crippen LogP contribution in [0, 0.1) is 0 Å². The summed E-state index contributed by atoms with van der Waals surface area (Å²) in [5.74, 6) is 1.80. The largest absolute Gasteiger partial charge is 0.175 e. The molecule has 0 saturated carbocycles. The second kappa shape index (κ2) is 8.74. The molecule has 27 heavy (non-hydrogen) atoms. The van der Waals surface area contributed by atoms with Gasteiger partial charge in [-0.1, -0.05) is 114 Å². The highest BCUT2D eigenvalue weighted by molar-refractivity contribution is 8.02. The standard InChI is InChI=1S/C22H18N2S3/c1-2-16-7-5-8-17(13-16)14-25-21-23-24-22(27-21)26-15-19-11-6-10-18-9-3-4-12-20(18)19/h2-13H,1,14-15H2. The zero-order chi connectivity index (χ0) is 18.5. The van der Waals surface area contributed by atoms with Crippen molar-refractivity contribution in [3.05, 3.63) is 90.0 Å². The van der Waals surface area contributed by atoms with Crippen LogP contribution in [0.2, 0.25) is 0 Å². The lowest BCUT2D eigenvalue weighted by Gasteiger charge is -2.04. The Bertz CT molecular complexity index is 1070. The number of benzene rings is 3. The Morgan fingerprint density at radius 3 is 2.44 bits per heavy atom. The van der Waals surface area contributed by atoms with Crippen LogP contribution >= 0.6 is 34.9 Å². The van der Waals surface area contributed by atoms with Gasteiger partial charge >= 0.3 is 0 Å². The minimum Gasteiger partial charge on any atom is -0.131 e. The molecule has 0 spiro atoms. The van der Waals surface area contributed by atoms with Crippen LogP contribution in [-0.2, 0) is 11.5 Å². The molecule has 0 aliphatic heterocycles. The first kappa shape index (κ1) is 18.3. The normalized spacial score (nSPS) is 11.0. The van der Waals surface area contributed by atoms with Gasteiger partial charge in [-0.3, -0.25) is 0 Å². The van der Waals surface area contributed by atoms with Crippen LogP contribution in [0.4, 0.5) is 0 Å². The van der Waals surface area contributed by atoms with Crippen molar-refractivity contribution in [2.75, 3.05) is 0 Å². The molecule has 0 aliphatic carbocycles. The highest BCUT2D eigenvalue weighted by atomic mass is 32.2. The van der Waals surface area contributed by atoms with Crippen molar-refractivity contribution in [3.8, 4) is 0 Å². The fourth-order valence-electron chi connectivity index (χ4n) is 2.83. The molecule has 0 bridgehead atoms. The number of nitrogens with zero attached hydrogens (tertiary/aromatic N) is 2. The molecule has 0 aliphatic rings. The molecular formula is C22H18N2S3. The van der Waals surface area contributed by atoms with E-state index in [-0.39, 0.29) is 0 Å². The van der Waals surface area contributed by atoms with Crippen LogP contribution in [0.3, 0.4) is 0 Å². The lowest BCUT2D eigenvalue weighted by Crippen LogP contribution is -1.83. The van der Waals surface area contributed by atoms with Crippen molar-refractivity contribution in [2.45, 2.75) is 20.2 Å². The molecule has 0 saturated heterocycles. The molecule has 134 valence electrons. The molecule has 0 unspecified atom stereocenters. The monoisotopic (exact) mass is 406 g/mol. The molecule has 0 radical (unpaired) electrons. The molecule has 5 heteroatoms. The Kier molecular flexibility index (Phi) is 5.92. The predicted molar refractivity (Wildman–Crippen MR) is 120 cm³/mol. The molecule has 0 fully saturated rings. The summed E-state index contributed by atoms with van der Waals surface area (Å²) in [7, 11) is 0. The van der Waals surface area contributed by atoms with Gasteiger partial charge in [-0.15, -0.1) is 10.2 Å². The smallest absolute Gasteiger partial charge is 0.131 e. The first-order valence-electron chi connectivity index (χ1n) is 8.59. The second-order valence-corrected chi connectivity index (χ2v) is 9.42. The van der Waals surface area contributed by atoms with Gasteiger partial charge in [-0.25, -0.2) is 0 Å². The van der Waals surface area contributed by atoms with Crippen molar-refractivity contribution in [2.24, 2.45) is 0 Å². The summed E-state index contributed by atoms with van der Waals surface area (Å²) in [6.07, 6.45) is 1.88. The zero-order valence-electron chi connectivity index (χ0n) is 14.7. The molecule has 2 nitrogen and oxygen atoms in total. The van der Waals surface area contributed by atoms with Gasteiger partial charge in [0.05, 0.1) is 0 Å². The molecule has 4 aromatic rings. The molecule has 0 N–H and O–H groups in total. The van der Waals surface area contributed by atoms with Crippen molar-refractivity contribution >= 4 is 51.7 Å². The van der Waals surface area contributed by atoms with Crippen LogP contribution in [0.1, 0.15) is 16.7 Å². The Morgan fingerprint density at radius 1 is 0.852 bits per heavy atom. The quantitative estimate of drug-likeness (QED) is 0.311. The maximum Gasteiger partial charge on any atom is 0.175 e. The number of fused-ring (bicyclic) bond motifs is 1. The van der Waals surface area contributed by atoms with Gasteiger partial charge in [0.2, 0.25) is 0 Å². The van der Waals surface area contributed by atoms with E-state index in [2.05, 4.69) is 83.5 Å². The number of hydrogen-bond acceptors (Lipinski definition) is 5. The predicted octanol–water partition coefficient (Wildman–Crippen LogP) is 6.92. The van der Waals surface area contributed by atoms with Gasteiger partial charge in [0.1, 0.15) is 0 Å². The Balaban J connectivity index is 1.38. The van der Waals surface area contributed by atoms with E-state index in [1.807, 2.05) is 6.08 Å². The summed E-state index contributed by atoms with van der Waals surface area (Å²) in [5.41, 5.74) is 3.76. The topological polar surface area (TPSA) is 25.8 Å². The van der Waals surface area contributed by atoms with Crippen LogP contribution in [0.25, 0.3) is 16.8 Å². The van der Waals surface area contributed by atoms with Crippen LogP contribution in [0.15, 0.2) is 82.0 Å². The number of hydrogen-bond donors (Lipinski definition) is 0. The Labute approximate surface area is 171 Å². The van der Waals surface area contributed by atoms with Gasteiger partial charge < -0.3 is 0 Å². The summed E-state index contributed by atoms with van der Waals surface area (Å²) in [6.45, 7) is 3.83. The molecule has 1 aromatic heterocycles. The summed E-state index contributed by atoms with van der Waals surface area (Å²) in [5, 5.41) is 11.3. The highest BCUT2D eigenvalue weighted by Crippen LogP contribution is 2.33. The third kappa shape index (κ3) is 4.61. The summed E-state index contributed by atoms with van der Waals surface area (Å²) in [4.78, 5) is 0. The van der Waals surface area contributed by atoms with E-state index in [9.17, 15) is 0 Å². The maximum absolute atomic E-state index is 4.35. The van der Waals surface area contributed by atoms with E-state index in [1.165, 1.54) is 21.9 Å². The number of aromatic nitrogens is 2. The Morgan fingerprint density at radius 2 is 1.59 bits per heavy atom. The lowest BCUT2D eigenvalue weighted by molar-refractivity contribution is 0.954. The minimum atomic E-state index is 0.893. The fraction of sp³-hybridized carbons (Fsp3) is 0.0909. The van der Waals surface area contributed by atoms with Crippen molar-refractivity contribution < 1.29 is 0 Å². The lowest BCUT2D eigenvalue weighted by atomic mass is 10.1. The average Bonchev–Trinajstić information content (AvgIpc) is 3.19. The summed E-state index contributed by atoms with van der Waals surface area (Å²) in [6, 6.07) is 23.4. The van der Waals surface area contributed by atoms with E-state index < -0.39 is 0 Å². The second-order valence-electron chi connectivity index (χ2n) is 6.00. The van der Waals surface area contributed by atoms with Gasteiger partial charge in [-0.05, 0) is 27.5 Å². The first-order chi connectivity index (χ1) is 13.3. The minimum absolute atomic E-state index is 0.893. The molecule has 4 rings (SSSR count). The first-order valence-corrected chi connectivity index (χ1v) is 11.4. The SMILES string of the molecule is C=Cc1cccc(CSc2nnc(SCc3cccc4ccccc34)s2)c1. The molecule has 3 aromatic carbocycles. The summed E-state index contributed by atoms with van der Waals surface area (Å²) >= 11 is 5.16. The van der Waals surface area contributed by atoms with Crippen LogP contribution in [0.5, 0.6) is 0 Å². The van der Waals surface area contributed by atoms with Gasteiger partial charge in [-0.2, -0.15) is 0 Å². The molecule has 1 heterocycles. The van der Waals surface area contributed by atoms with E-state index >= 15 is 0 Å². The van der Waals surface area contributed by atoms with Crippen molar-refractivity contribution in [1.29, 1.82) is 0 Å². The fourth-order valence-corrected chi connectivity index (χ4v) is 5.79. The van der Waals surface area contributed by atoms with Crippen LogP contribution in [-0.4, -0.2) is 10.2 Å². The number of rotatable bonds is 7. The highest BCUT2D eigenvalue weighted by Gasteiger charge is 2.08. The van der Waals surface area contributed by atoms with Crippen molar-refractivity contribution in [1.82, 2.24) is 10.2 Å². The molecular weight excluding hydrogens is 388 g/mol. The van der Waals surface area contributed by atoms with E-state index in [4.69, 9.17) is 0 Å². The van der Waals surface area contributed by atoms with Gasteiger partial charge in [0.15, 0.2) is 8.68 Å². The van der Waals surface area contributed by atoms with Gasteiger partial charge in [0, 0.05) is 11.5 Å². The van der Waals surface area contributed by atoms with Crippen molar-refractivity contribution in [3.63, 3.8) is 0 Å². The van der Waals surface area contributed by atoms with Gasteiger partial charge in [0.25, 0.3) is 0 Å². The third-order valence-corrected chi connectivity index (χ3v) is 7.48. The Hall–Kier alpha value is -2.08. The maximum atomic E-state index is 4.35. The van der Waals surface area contributed by atoms with E-state index in [0.717, 1.165) is 25.7 Å². The molecule has 0 amide bonds. The third-order valence-electron chi connectivity index (χ3n) is 4.17.